The van der Waals surface area contributed by atoms with E-state index in [0.717, 1.165) is 30.2 Å². The van der Waals surface area contributed by atoms with Crippen molar-refractivity contribution < 1.29 is 0 Å². The standard InChI is InChI=1S/C23H21ClN2/c24-22-12-6-4-10-19(22)16-26-17-20(21-11-5-7-13-23(21)26)15-25-14-18-8-2-1-3-9-18/h1-13,17,25H,14-16H2. The maximum absolute atomic E-state index is 6.36. The molecule has 3 heteroatoms. The van der Waals surface area contributed by atoms with Crippen LogP contribution in [0.1, 0.15) is 16.7 Å². The minimum Gasteiger partial charge on any atom is -0.343 e. The van der Waals surface area contributed by atoms with Gasteiger partial charge in [0.2, 0.25) is 0 Å². The maximum Gasteiger partial charge on any atom is 0.0491 e. The van der Waals surface area contributed by atoms with Gasteiger partial charge >= 0.3 is 0 Å². The molecule has 3 aromatic carbocycles. The van der Waals surface area contributed by atoms with Crippen molar-refractivity contribution in [2.45, 2.75) is 19.6 Å². The van der Waals surface area contributed by atoms with Crippen molar-refractivity contribution in [3.05, 3.63) is 107 Å². The highest BCUT2D eigenvalue weighted by molar-refractivity contribution is 6.31. The average Bonchev–Trinajstić information content (AvgIpc) is 3.02. The molecular weight excluding hydrogens is 340 g/mol. The molecule has 0 fully saturated rings. The molecule has 1 N–H and O–H groups in total. The summed E-state index contributed by atoms with van der Waals surface area (Å²) in [4.78, 5) is 0. The Kier molecular flexibility index (Phi) is 5.05. The van der Waals surface area contributed by atoms with E-state index >= 15 is 0 Å². The molecule has 2 nitrogen and oxygen atoms in total. The van der Waals surface area contributed by atoms with Gasteiger partial charge in [0.15, 0.2) is 0 Å². The number of fused-ring (bicyclic) bond motifs is 1. The monoisotopic (exact) mass is 360 g/mol. The third-order valence-electron chi connectivity index (χ3n) is 4.66. The van der Waals surface area contributed by atoms with Gasteiger partial charge in [-0.15, -0.1) is 0 Å². The van der Waals surface area contributed by atoms with E-state index in [0.29, 0.717) is 0 Å². The van der Waals surface area contributed by atoms with Crippen molar-refractivity contribution in [3.8, 4) is 0 Å². The normalized spacial score (nSPS) is 11.1. The lowest BCUT2D eigenvalue weighted by molar-refractivity contribution is 0.692. The van der Waals surface area contributed by atoms with Crippen molar-refractivity contribution in [1.82, 2.24) is 9.88 Å². The zero-order chi connectivity index (χ0) is 17.8. The van der Waals surface area contributed by atoms with Crippen LogP contribution in [-0.2, 0) is 19.6 Å². The van der Waals surface area contributed by atoms with Gasteiger partial charge in [-0.05, 0) is 28.8 Å². The van der Waals surface area contributed by atoms with E-state index in [1.807, 2.05) is 24.3 Å². The van der Waals surface area contributed by atoms with Crippen LogP contribution in [0.3, 0.4) is 0 Å². The molecule has 1 aromatic heterocycles. The van der Waals surface area contributed by atoms with Crippen molar-refractivity contribution in [1.29, 1.82) is 0 Å². The lowest BCUT2D eigenvalue weighted by atomic mass is 10.1. The van der Waals surface area contributed by atoms with E-state index in [9.17, 15) is 0 Å². The van der Waals surface area contributed by atoms with E-state index in [-0.39, 0.29) is 0 Å². The van der Waals surface area contributed by atoms with Gasteiger partial charge in [0.1, 0.15) is 0 Å². The van der Waals surface area contributed by atoms with E-state index in [4.69, 9.17) is 11.6 Å². The predicted octanol–water partition coefficient (Wildman–Crippen LogP) is 5.63. The van der Waals surface area contributed by atoms with Crippen LogP contribution in [0, 0.1) is 0 Å². The lowest BCUT2D eigenvalue weighted by Crippen LogP contribution is -2.12. The van der Waals surface area contributed by atoms with Crippen LogP contribution in [0.5, 0.6) is 0 Å². The van der Waals surface area contributed by atoms with E-state index in [1.54, 1.807) is 0 Å². The van der Waals surface area contributed by atoms with Crippen LogP contribution in [-0.4, -0.2) is 4.57 Å². The molecule has 0 saturated heterocycles. The fourth-order valence-corrected chi connectivity index (χ4v) is 3.54. The molecule has 130 valence electrons. The number of nitrogens with one attached hydrogen (secondary N) is 1. The molecule has 1 heterocycles. The first-order valence-corrected chi connectivity index (χ1v) is 9.24. The molecule has 0 amide bonds. The first kappa shape index (κ1) is 16.9. The number of halogens is 1. The second-order valence-electron chi connectivity index (χ2n) is 6.48. The highest BCUT2D eigenvalue weighted by Crippen LogP contribution is 2.24. The summed E-state index contributed by atoms with van der Waals surface area (Å²) in [6.45, 7) is 2.48. The Labute approximate surface area is 159 Å². The first-order valence-electron chi connectivity index (χ1n) is 8.86. The van der Waals surface area contributed by atoms with Crippen molar-refractivity contribution in [2.75, 3.05) is 0 Å². The topological polar surface area (TPSA) is 17.0 Å². The third kappa shape index (κ3) is 3.67. The number of para-hydroxylation sites is 1. The second-order valence-corrected chi connectivity index (χ2v) is 6.89. The molecule has 0 saturated carbocycles. The predicted molar refractivity (Wildman–Crippen MR) is 109 cm³/mol. The van der Waals surface area contributed by atoms with Gasteiger partial charge in [-0.1, -0.05) is 78.3 Å². The highest BCUT2D eigenvalue weighted by Gasteiger charge is 2.09. The molecule has 26 heavy (non-hydrogen) atoms. The van der Waals surface area contributed by atoms with Gasteiger partial charge in [0.05, 0.1) is 0 Å². The van der Waals surface area contributed by atoms with E-state index in [1.165, 1.54) is 22.0 Å². The van der Waals surface area contributed by atoms with Crippen LogP contribution in [0.2, 0.25) is 5.02 Å². The van der Waals surface area contributed by atoms with Crippen LogP contribution in [0.25, 0.3) is 10.9 Å². The third-order valence-corrected chi connectivity index (χ3v) is 5.03. The average molecular weight is 361 g/mol. The largest absolute Gasteiger partial charge is 0.343 e. The Morgan fingerprint density at radius 1 is 0.731 bits per heavy atom. The Morgan fingerprint density at radius 3 is 2.31 bits per heavy atom. The zero-order valence-corrected chi connectivity index (χ0v) is 15.3. The van der Waals surface area contributed by atoms with Crippen molar-refractivity contribution in [2.24, 2.45) is 0 Å². The molecule has 0 aliphatic carbocycles. The van der Waals surface area contributed by atoms with Crippen LogP contribution in [0.15, 0.2) is 85.1 Å². The summed E-state index contributed by atoms with van der Waals surface area (Å²) >= 11 is 6.36. The summed E-state index contributed by atoms with van der Waals surface area (Å²) in [6.07, 6.45) is 2.24. The summed E-state index contributed by atoms with van der Waals surface area (Å²) in [5, 5.41) is 5.66. The van der Waals surface area contributed by atoms with Gasteiger partial charge in [0, 0.05) is 41.8 Å². The number of hydrogen-bond acceptors (Lipinski definition) is 1. The molecule has 0 bridgehead atoms. The maximum atomic E-state index is 6.36. The molecule has 0 atom stereocenters. The Morgan fingerprint density at radius 2 is 1.46 bits per heavy atom. The van der Waals surface area contributed by atoms with Gasteiger partial charge in [-0.25, -0.2) is 0 Å². The van der Waals surface area contributed by atoms with Gasteiger partial charge in [-0.3, -0.25) is 0 Å². The smallest absolute Gasteiger partial charge is 0.0491 e. The fraction of sp³-hybridized carbons (Fsp3) is 0.130. The molecule has 4 aromatic rings. The molecule has 0 aliphatic rings. The molecule has 4 rings (SSSR count). The van der Waals surface area contributed by atoms with Crippen molar-refractivity contribution in [3.63, 3.8) is 0 Å². The fourth-order valence-electron chi connectivity index (χ4n) is 3.34. The quantitative estimate of drug-likeness (QED) is 0.471. The molecule has 0 radical (unpaired) electrons. The van der Waals surface area contributed by atoms with E-state index < -0.39 is 0 Å². The highest BCUT2D eigenvalue weighted by atomic mass is 35.5. The minimum absolute atomic E-state index is 0.777. The molecule has 0 aliphatic heterocycles. The Hall–Kier alpha value is -2.55. The van der Waals surface area contributed by atoms with Crippen LogP contribution in [0.4, 0.5) is 0 Å². The van der Waals surface area contributed by atoms with Crippen molar-refractivity contribution >= 4 is 22.5 Å². The van der Waals surface area contributed by atoms with E-state index in [2.05, 4.69) is 70.7 Å². The van der Waals surface area contributed by atoms with Gasteiger partial charge in [0.25, 0.3) is 0 Å². The number of hydrogen-bond donors (Lipinski definition) is 1. The number of rotatable bonds is 6. The summed E-state index contributed by atoms with van der Waals surface area (Å²) in [6, 6.07) is 27.1. The summed E-state index contributed by atoms with van der Waals surface area (Å²) in [5.41, 5.74) is 4.98. The number of nitrogens with zero attached hydrogens (tertiary/aromatic N) is 1. The Balaban J connectivity index is 1.57. The summed E-state index contributed by atoms with van der Waals surface area (Å²) in [5.74, 6) is 0. The lowest BCUT2D eigenvalue weighted by Gasteiger charge is -2.07. The Bertz CT molecular complexity index is 1010. The second kappa shape index (κ2) is 7.77. The minimum atomic E-state index is 0.777. The number of aromatic nitrogens is 1. The van der Waals surface area contributed by atoms with Gasteiger partial charge < -0.3 is 9.88 Å². The number of benzene rings is 3. The molecule has 0 unspecified atom stereocenters. The van der Waals surface area contributed by atoms with Gasteiger partial charge in [-0.2, -0.15) is 0 Å². The van der Waals surface area contributed by atoms with Crippen LogP contribution < -0.4 is 5.32 Å². The zero-order valence-electron chi connectivity index (χ0n) is 14.5. The summed E-state index contributed by atoms with van der Waals surface area (Å²) < 4.78 is 2.29. The summed E-state index contributed by atoms with van der Waals surface area (Å²) in [7, 11) is 0. The van der Waals surface area contributed by atoms with Crippen LogP contribution >= 0.6 is 11.6 Å². The molecule has 0 spiro atoms. The SMILES string of the molecule is Clc1ccccc1Cn1cc(CNCc2ccccc2)c2ccccc21. The first-order chi connectivity index (χ1) is 12.8. The molecular formula is C23H21ClN2.